The predicted octanol–water partition coefficient (Wildman–Crippen LogP) is 2.95. The van der Waals surface area contributed by atoms with E-state index in [9.17, 15) is 9.50 Å². The highest BCUT2D eigenvalue weighted by molar-refractivity contribution is 5.34. The molecule has 1 aliphatic rings. The second-order valence-electron chi connectivity index (χ2n) is 8.12. The van der Waals surface area contributed by atoms with Crippen LogP contribution in [0.4, 0.5) is 4.39 Å². The molecule has 1 saturated heterocycles. The molecule has 3 aromatic rings. The maximum absolute atomic E-state index is 13.7. The van der Waals surface area contributed by atoms with Gasteiger partial charge in [-0.05, 0) is 28.8 Å². The fourth-order valence-corrected chi connectivity index (χ4v) is 4.47. The SMILES string of the molecule is O[C@@](Cc1ccccc1)(c1ccc(F)cc1)[C@@H](C[NH+]1CCOCC1)c1ccccc1. The van der Waals surface area contributed by atoms with Gasteiger partial charge in [0.2, 0.25) is 0 Å². The molecule has 1 aliphatic heterocycles. The van der Waals surface area contributed by atoms with Crippen molar-refractivity contribution in [3.63, 3.8) is 0 Å². The van der Waals surface area contributed by atoms with Gasteiger partial charge in [0, 0.05) is 6.42 Å². The Morgan fingerprint density at radius 3 is 2.10 bits per heavy atom. The van der Waals surface area contributed by atoms with E-state index in [1.807, 2.05) is 48.5 Å². The van der Waals surface area contributed by atoms with Crippen LogP contribution >= 0.6 is 0 Å². The van der Waals surface area contributed by atoms with E-state index in [0.29, 0.717) is 6.42 Å². The Kier molecular flexibility index (Phi) is 6.58. The third-order valence-electron chi connectivity index (χ3n) is 6.13. The molecule has 2 atom stereocenters. The fourth-order valence-electron chi connectivity index (χ4n) is 4.47. The highest BCUT2D eigenvalue weighted by Crippen LogP contribution is 2.39. The molecule has 1 fully saturated rings. The summed E-state index contributed by atoms with van der Waals surface area (Å²) in [4.78, 5) is 1.42. The zero-order valence-electron chi connectivity index (χ0n) is 17.1. The van der Waals surface area contributed by atoms with E-state index in [0.717, 1.165) is 49.5 Å². The molecule has 0 saturated carbocycles. The predicted molar refractivity (Wildman–Crippen MR) is 116 cm³/mol. The minimum atomic E-state index is -1.16. The van der Waals surface area contributed by atoms with Gasteiger partial charge in [0.1, 0.15) is 24.5 Å². The average molecular weight is 407 g/mol. The average Bonchev–Trinajstić information content (AvgIpc) is 2.80. The summed E-state index contributed by atoms with van der Waals surface area (Å²) in [5.74, 6) is -0.437. The topological polar surface area (TPSA) is 33.9 Å². The standard InChI is InChI=1S/C26H28FNO2/c27-24-13-11-23(12-14-24)26(29,19-21-7-3-1-4-8-21)25(22-9-5-2-6-10-22)20-28-15-17-30-18-16-28/h1-14,25,29H,15-20H2/p+1/t25-,26-/m0/s1. The van der Waals surface area contributed by atoms with Gasteiger partial charge in [-0.2, -0.15) is 0 Å². The van der Waals surface area contributed by atoms with Gasteiger partial charge in [0.05, 0.1) is 25.7 Å². The normalized spacial score (nSPS) is 17.9. The minimum absolute atomic E-state index is 0.141. The van der Waals surface area contributed by atoms with Crippen LogP contribution in [0.1, 0.15) is 22.6 Å². The summed E-state index contributed by atoms with van der Waals surface area (Å²) in [5, 5.41) is 12.3. The molecule has 30 heavy (non-hydrogen) atoms. The summed E-state index contributed by atoms with van der Waals surface area (Å²) < 4.78 is 19.2. The molecule has 156 valence electrons. The van der Waals surface area contributed by atoms with Crippen molar-refractivity contribution in [2.45, 2.75) is 17.9 Å². The van der Waals surface area contributed by atoms with Gasteiger partial charge in [-0.25, -0.2) is 4.39 Å². The number of ether oxygens (including phenoxy) is 1. The van der Waals surface area contributed by atoms with Crippen molar-refractivity contribution in [1.82, 2.24) is 0 Å². The number of morpholine rings is 1. The van der Waals surface area contributed by atoms with Crippen molar-refractivity contribution in [1.29, 1.82) is 0 Å². The van der Waals surface area contributed by atoms with Gasteiger partial charge in [-0.1, -0.05) is 72.8 Å². The van der Waals surface area contributed by atoms with Crippen molar-refractivity contribution >= 4 is 0 Å². The quantitative estimate of drug-likeness (QED) is 0.633. The third kappa shape index (κ3) is 4.78. The first-order valence-corrected chi connectivity index (χ1v) is 10.6. The zero-order valence-corrected chi connectivity index (χ0v) is 17.1. The van der Waals surface area contributed by atoms with Crippen molar-refractivity contribution in [3.05, 3.63) is 107 Å². The second kappa shape index (κ2) is 9.52. The van der Waals surface area contributed by atoms with Gasteiger partial charge in [-0.15, -0.1) is 0 Å². The van der Waals surface area contributed by atoms with Gasteiger partial charge in [0.15, 0.2) is 0 Å². The monoisotopic (exact) mass is 406 g/mol. The van der Waals surface area contributed by atoms with Gasteiger partial charge in [-0.3, -0.25) is 0 Å². The van der Waals surface area contributed by atoms with E-state index in [-0.39, 0.29) is 11.7 Å². The number of quaternary nitrogens is 1. The molecule has 3 nitrogen and oxygen atoms in total. The number of nitrogens with one attached hydrogen (secondary N) is 1. The van der Waals surface area contributed by atoms with Crippen LogP contribution in [0.3, 0.4) is 0 Å². The van der Waals surface area contributed by atoms with Gasteiger partial charge in [0.25, 0.3) is 0 Å². The Bertz CT molecular complexity index is 911. The largest absolute Gasteiger partial charge is 0.384 e. The second-order valence-corrected chi connectivity index (χ2v) is 8.12. The Labute approximate surface area is 177 Å². The minimum Gasteiger partial charge on any atom is -0.384 e. The van der Waals surface area contributed by atoms with E-state index >= 15 is 0 Å². The number of hydrogen-bond donors (Lipinski definition) is 2. The Morgan fingerprint density at radius 2 is 1.47 bits per heavy atom. The van der Waals surface area contributed by atoms with Crippen molar-refractivity contribution in [3.8, 4) is 0 Å². The smallest absolute Gasteiger partial charge is 0.123 e. The first-order chi connectivity index (χ1) is 14.6. The summed E-state index contributed by atoms with van der Waals surface area (Å²) in [6, 6.07) is 26.6. The molecular formula is C26H29FNO2+. The van der Waals surface area contributed by atoms with Crippen LogP contribution in [0.5, 0.6) is 0 Å². The van der Waals surface area contributed by atoms with E-state index in [1.54, 1.807) is 12.1 Å². The number of rotatable bonds is 7. The molecule has 4 heteroatoms. The van der Waals surface area contributed by atoms with Crippen LogP contribution in [0.25, 0.3) is 0 Å². The van der Waals surface area contributed by atoms with E-state index < -0.39 is 5.60 Å². The lowest BCUT2D eigenvalue weighted by atomic mass is 9.73. The first kappa shape index (κ1) is 20.7. The highest BCUT2D eigenvalue weighted by atomic mass is 19.1. The lowest BCUT2D eigenvalue weighted by Gasteiger charge is -2.39. The van der Waals surface area contributed by atoms with Crippen LogP contribution < -0.4 is 4.90 Å². The molecule has 3 aromatic carbocycles. The molecule has 1 heterocycles. The molecular weight excluding hydrogens is 377 g/mol. The Hall–Kier alpha value is -2.53. The summed E-state index contributed by atoms with van der Waals surface area (Å²) >= 11 is 0. The van der Waals surface area contributed by atoms with Crippen LogP contribution in [0.2, 0.25) is 0 Å². The van der Waals surface area contributed by atoms with Crippen LogP contribution in [0, 0.1) is 5.82 Å². The zero-order chi connectivity index (χ0) is 20.8. The Balaban J connectivity index is 1.77. The summed E-state index contributed by atoms with van der Waals surface area (Å²) in [6.45, 7) is 4.12. The lowest BCUT2D eigenvalue weighted by Crippen LogP contribution is -3.14. The summed E-state index contributed by atoms with van der Waals surface area (Å²) in [5.41, 5.74) is 1.73. The van der Waals surface area contributed by atoms with Crippen molar-refractivity contribution in [2.24, 2.45) is 0 Å². The van der Waals surface area contributed by atoms with Gasteiger partial charge >= 0.3 is 0 Å². The Morgan fingerprint density at radius 1 is 0.867 bits per heavy atom. The molecule has 0 aliphatic carbocycles. The van der Waals surface area contributed by atoms with Crippen LogP contribution in [-0.2, 0) is 16.8 Å². The third-order valence-corrected chi connectivity index (χ3v) is 6.13. The molecule has 0 spiro atoms. The van der Waals surface area contributed by atoms with Crippen molar-refractivity contribution in [2.75, 3.05) is 32.8 Å². The molecule has 0 bridgehead atoms. The van der Waals surface area contributed by atoms with Gasteiger partial charge < -0.3 is 14.7 Å². The van der Waals surface area contributed by atoms with Crippen LogP contribution in [-0.4, -0.2) is 38.0 Å². The summed E-state index contributed by atoms with van der Waals surface area (Å²) in [7, 11) is 0. The first-order valence-electron chi connectivity index (χ1n) is 10.6. The molecule has 0 amide bonds. The number of benzene rings is 3. The maximum Gasteiger partial charge on any atom is 0.123 e. The molecule has 0 aromatic heterocycles. The van der Waals surface area contributed by atoms with Crippen molar-refractivity contribution < 1.29 is 19.1 Å². The number of halogens is 1. The molecule has 0 unspecified atom stereocenters. The van der Waals surface area contributed by atoms with E-state index in [1.165, 1.54) is 17.0 Å². The molecule has 2 N–H and O–H groups in total. The van der Waals surface area contributed by atoms with E-state index in [2.05, 4.69) is 12.1 Å². The summed E-state index contributed by atoms with van der Waals surface area (Å²) in [6.07, 6.45) is 0.461. The number of hydrogen-bond acceptors (Lipinski definition) is 2. The fraction of sp³-hybridized carbons (Fsp3) is 0.308. The maximum atomic E-state index is 13.7. The number of aliphatic hydroxyl groups is 1. The molecule has 4 rings (SSSR count). The molecule has 0 radical (unpaired) electrons. The highest BCUT2D eigenvalue weighted by Gasteiger charge is 2.42. The lowest BCUT2D eigenvalue weighted by molar-refractivity contribution is -0.910. The van der Waals surface area contributed by atoms with Crippen LogP contribution in [0.15, 0.2) is 84.9 Å². The van der Waals surface area contributed by atoms with E-state index in [4.69, 9.17) is 4.74 Å².